The topological polar surface area (TPSA) is 75.7 Å². The number of amides is 1. The molecular weight excluding hydrogens is 424 g/mol. The predicted octanol–water partition coefficient (Wildman–Crippen LogP) is 4.57. The molecule has 0 bridgehead atoms. The van der Waals surface area contributed by atoms with Crippen molar-refractivity contribution >= 4 is 33.2 Å². The Morgan fingerprint density at radius 1 is 1.20 bits per heavy atom. The first-order valence-electron chi connectivity index (χ1n) is 10.0. The fourth-order valence-corrected chi connectivity index (χ4v) is 5.44. The summed E-state index contributed by atoms with van der Waals surface area (Å²) in [5.41, 5.74) is 2.76. The van der Waals surface area contributed by atoms with Crippen molar-refractivity contribution in [3.63, 3.8) is 0 Å². The number of halogens is 1. The smallest absolute Gasteiger partial charge is 0.262 e. The summed E-state index contributed by atoms with van der Waals surface area (Å²) in [5, 5.41) is 3.20. The van der Waals surface area contributed by atoms with Crippen LogP contribution in [0.15, 0.2) is 41.3 Å². The molecule has 8 heteroatoms. The van der Waals surface area contributed by atoms with Crippen molar-refractivity contribution in [3.8, 4) is 5.75 Å². The van der Waals surface area contributed by atoms with Crippen LogP contribution in [-0.4, -0.2) is 38.3 Å². The molecular formula is C22H27ClN2O4S. The number of para-hydroxylation sites is 1. The van der Waals surface area contributed by atoms with E-state index in [2.05, 4.69) is 19.2 Å². The summed E-state index contributed by atoms with van der Waals surface area (Å²) >= 11 is 6.05. The van der Waals surface area contributed by atoms with Gasteiger partial charge in [0.1, 0.15) is 10.6 Å². The zero-order chi connectivity index (χ0) is 21.9. The van der Waals surface area contributed by atoms with E-state index in [-0.39, 0.29) is 29.1 Å². The van der Waals surface area contributed by atoms with Crippen LogP contribution in [0.25, 0.3) is 0 Å². The number of sulfonamides is 1. The van der Waals surface area contributed by atoms with Gasteiger partial charge in [0.15, 0.2) is 6.61 Å². The molecule has 0 saturated carbocycles. The van der Waals surface area contributed by atoms with Gasteiger partial charge in [-0.2, -0.15) is 4.31 Å². The van der Waals surface area contributed by atoms with Crippen molar-refractivity contribution in [2.75, 3.05) is 25.0 Å². The van der Waals surface area contributed by atoms with Gasteiger partial charge in [0.2, 0.25) is 10.0 Å². The normalized spacial score (nSPS) is 14.8. The van der Waals surface area contributed by atoms with Gasteiger partial charge in [0, 0.05) is 23.8 Å². The summed E-state index contributed by atoms with van der Waals surface area (Å²) in [6.45, 7) is 6.69. The van der Waals surface area contributed by atoms with Crippen LogP contribution in [0.4, 0.5) is 5.69 Å². The van der Waals surface area contributed by atoms with E-state index in [1.807, 2.05) is 25.1 Å². The Morgan fingerprint density at radius 3 is 2.57 bits per heavy atom. The maximum atomic E-state index is 13.0. The lowest BCUT2D eigenvalue weighted by molar-refractivity contribution is -0.118. The van der Waals surface area contributed by atoms with Crippen molar-refractivity contribution < 1.29 is 17.9 Å². The highest BCUT2D eigenvalue weighted by Crippen LogP contribution is 2.32. The average Bonchev–Trinajstić information content (AvgIpc) is 3.24. The summed E-state index contributed by atoms with van der Waals surface area (Å²) in [7, 11) is -3.73. The number of hydrogen-bond donors (Lipinski definition) is 1. The molecule has 30 heavy (non-hydrogen) atoms. The highest BCUT2D eigenvalue weighted by atomic mass is 35.5. The van der Waals surface area contributed by atoms with Crippen molar-refractivity contribution in [1.29, 1.82) is 0 Å². The molecule has 1 saturated heterocycles. The maximum absolute atomic E-state index is 13.0. The van der Waals surface area contributed by atoms with Crippen LogP contribution in [0.3, 0.4) is 0 Å². The number of rotatable bonds is 7. The molecule has 162 valence electrons. The lowest BCUT2D eigenvalue weighted by Gasteiger charge is -2.19. The Bertz CT molecular complexity index is 1030. The molecule has 1 aliphatic rings. The second-order valence-electron chi connectivity index (χ2n) is 7.73. The number of nitrogens with zero attached hydrogens (tertiary/aromatic N) is 1. The third kappa shape index (κ3) is 4.96. The number of hydrogen-bond acceptors (Lipinski definition) is 4. The van der Waals surface area contributed by atoms with Crippen LogP contribution in [0.2, 0.25) is 5.02 Å². The van der Waals surface area contributed by atoms with Crippen molar-refractivity contribution in [2.45, 2.75) is 44.4 Å². The van der Waals surface area contributed by atoms with Crippen molar-refractivity contribution in [1.82, 2.24) is 4.31 Å². The minimum absolute atomic E-state index is 0.0107. The van der Waals surface area contributed by atoms with Gasteiger partial charge >= 0.3 is 0 Å². The van der Waals surface area contributed by atoms with Gasteiger partial charge in [-0.3, -0.25) is 4.79 Å². The van der Waals surface area contributed by atoms with E-state index in [0.717, 1.165) is 29.7 Å². The fraction of sp³-hybridized carbons (Fsp3) is 0.409. The molecule has 1 fully saturated rings. The number of ether oxygens (including phenoxy) is 1. The first-order chi connectivity index (χ1) is 14.2. The third-order valence-corrected chi connectivity index (χ3v) is 7.29. The highest BCUT2D eigenvalue weighted by molar-refractivity contribution is 7.89. The Kier molecular flexibility index (Phi) is 7.06. The molecule has 0 aliphatic carbocycles. The van der Waals surface area contributed by atoms with E-state index in [0.29, 0.717) is 18.1 Å². The van der Waals surface area contributed by atoms with E-state index in [4.69, 9.17) is 16.3 Å². The maximum Gasteiger partial charge on any atom is 0.262 e. The summed E-state index contributed by atoms with van der Waals surface area (Å²) in [4.78, 5) is 12.6. The molecule has 0 atom stereocenters. The van der Waals surface area contributed by atoms with Gasteiger partial charge < -0.3 is 10.1 Å². The van der Waals surface area contributed by atoms with Gasteiger partial charge in [-0.05, 0) is 55.0 Å². The van der Waals surface area contributed by atoms with Gasteiger partial charge in [0.25, 0.3) is 5.91 Å². The average molecular weight is 451 g/mol. The number of carbonyl (C=O) groups excluding carboxylic acids is 1. The molecule has 1 N–H and O–H groups in total. The summed E-state index contributed by atoms with van der Waals surface area (Å²) in [5.74, 6) is 0.00979. The predicted molar refractivity (Wildman–Crippen MR) is 119 cm³/mol. The molecule has 2 aromatic carbocycles. The molecule has 0 aromatic heterocycles. The number of anilines is 1. The number of carbonyl (C=O) groups is 1. The van der Waals surface area contributed by atoms with E-state index < -0.39 is 10.0 Å². The van der Waals surface area contributed by atoms with Gasteiger partial charge in [0.05, 0.1) is 0 Å². The van der Waals surface area contributed by atoms with Gasteiger partial charge in [-0.15, -0.1) is 0 Å². The molecule has 2 aromatic rings. The second kappa shape index (κ2) is 9.37. The van der Waals surface area contributed by atoms with E-state index in [9.17, 15) is 13.2 Å². The van der Waals surface area contributed by atoms with Crippen LogP contribution in [-0.2, 0) is 14.8 Å². The van der Waals surface area contributed by atoms with Gasteiger partial charge in [-0.1, -0.05) is 43.6 Å². The molecule has 1 heterocycles. The van der Waals surface area contributed by atoms with E-state index >= 15 is 0 Å². The summed E-state index contributed by atoms with van der Waals surface area (Å²) in [6, 6.07) is 10.3. The summed E-state index contributed by atoms with van der Waals surface area (Å²) < 4.78 is 33.0. The SMILES string of the molecule is Cc1cccc(C(C)C)c1NC(=O)COc1ccc(Cl)cc1S(=O)(=O)N1CCCC1. The Balaban J connectivity index is 1.78. The largest absolute Gasteiger partial charge is 0.482 e. The zero-order valence-corrected chi connectivity index (χ0v) is 19.0. The molecule has 0 unspecified atom stereocenters. The lowest BCUT2D eigenvalue weighted by Crippen LogP contribution is -2.29. The van der Waals surface area contributed by atoms with Crippen LogP contribution < -0.4 is 10.1 Å². The standard InChI is InChI=1S/C22H27ClN2O4S/c1-15(2)18-8-6-7-16(3)22(18)24-21(26)14-29-19-10-9-17(23)13-20(19)30(27,28)25-11-4-5-12-25/h6-10,13,15H,4-5,11-12,14H2,1-3H3,(H,24,26). The van der Waals surface area contributed by atoms with Crippen LogP contribution in [0, 0.1) is 6.92 Å². The minimum atomic E-state index is -3.73. The van der Waals surface area contributed by atoms with Crippen LogP contribution in [0.5, 0.6) is 5.75 Å². The number of nitrogens with one attached hydrogen (secondary N) is 1. The minimum Gasteiger partial charge on any atom is -0.482 e. The monoisotopic (exact) mass is 450 g/mol. The molecule has 6 nitrogen and oxygen atoms in total. The Labute approximate surface area is 183 Å². The van der Waals surface area contributed by atoms with E-state index in [1.165, 1.54) is 16.4 Å². The molecule has 3 rings (SSSR count). The van der Waals surface area contributed by atoms with Crippen LogP contribution >= 0.6 is 11.6 Å². The first kappa shape index (κ1) is 22.6. The van der Waals surface area contributed by atoms with Crippen molar-refractivity contribution in [3.05, 3.63) is 52.5 Å². The molecule has 1 aliphatic heterocycles. The third-order valence-electron chi connectivity index (χ3n) is 5.14. The highest BCUT2D eigenvalue weighted by Gasteiger charge is 2.30. The fourth-order valence-electron chi connectivity index (χ4n) is 3.53. The zero-order valence-electron chi connectivity index (χ0n) is 17.4. The quantitative estimate of drug-likeness (QED) is 0.670. The Hall–Kier alpha value is -2.09. The molecule has 0 spiro atoms. The lowest BCUT2D eigenvalue weighted by atomic mass is 9.98. The van der Waals surface area contributed by atoms with Crippen molar-refractivity contribution in [2.24, 2.45) is 0 Å². The second-order valence-corrected chi connectivity index (χ2v) is 10.1. The summed E-state index contributed by atoms with van der Waals surface area (Å²) in [6.07, 6.45) is 1.65. The molecule has 1 amide bonds. The molecule has 0 radical (unpaired) electrons. The number of benzene rings is 2. The van der Waals surface area contributed by atoms with Crippen LogP contribution in [0.1, 0.15) is 43.7 Å². The van der Waals surface area contributed by atoms with Gasteiger partial charge in [-0.25, -0.2) is 8.42 Å². The first-order valence-corrected chi connectivity index (χ1v) is 11.8. The van der Waals surface area contributed by atoms with E-state index in [1.54, 1.807) is 6.07 Å². The Morgan fingerprint density at radius 2 is 1.90 bits per heavy atom. The number of aryl methyl sites for hydroxylation is 1.